The van der Waals surface area contributed by atoms with Crippen LogP contribution < -0.4 is 4.90 Å². The van der Waals surface area contributed by atoms with Gasteiger partial charge in [-0.3, -0.25) is 14.5 Å². The molecule has 2 amide bonds. The highest BCUT2D eigenvalue weighted by atomic mass is 16.7. The van der Waals surface area contributed by atoms with E-state index >= 15 is 0 Å². The predicted molar refractivity (Wildman–Crippen MR) is 113 cm³/mol. The van der Waals surface area contributed by atoms with E-state index in [2.05, 4.69) is 5.16 Å². The molecule has 0 bridgehead atoms. The van der Waals surface area contributed by atoms with Gasteiger partial charge in [0.05, 0.1) is 28.8 Å². The van der Waals surface area contributed by atoms with Crippen molar-refractivity contribution in [2.24, 2.45) is 17.0 Å². The average molecular weight is 404 g/mol. The van der Waals surface area contributed by atoms with Crippen molar-refractivity contribution in [2.45, 2.75) is 39.5 Å². The van der Waals surface area contributed by atoms with Gasteiger partial charge in [-0.1, -0.05) is 47.8 Å². The summed E-state index contributed by atoms with van der Waals surface area (Å²) in [7, 11) is 0. The van der Waals surface area contributed by atoms with Crippen LogP contribution in [0.5, 0.6) is 0 Å². The maximum absolute atomic E-state index is 12.7. The van der Waals surface area contributed by atoms with E-state index in [1.54, 1.807) is 43.3 Å². The van der Waals surface area contributed by atoms with E-state index in [0.29, 0.717) is 17.0 Å². The van der Waals surface area contributed by atoms with E-state index in [1.165, 1.54) is 4.90 Å². The number of aryl methyl sites for hydroxylation is 1. The van der Waals surface area contributed by atoms with Crippen molar-refractivity contribution < 1.29 is 19.2 Å². The second-order valence-electron chi connectivity index (χ2n) is 7.98. The molecule has 30 heavy (non-hydrogen) atoms. The number of carbonyl (C=O) groups excluding carboxylic acids is 3. The van der Waals surface area contributed by atoms with E-state index in [4.69, 9.17) is 4.84 Å². The number of hydrogen-bond donors (Lipinski definition) is 0. The van der Waals surface area contributed by atoms with Crippen molar-refractivity contribution in [3.05, 3.63) is 65.2 Å². The number of nitrogens with zero attached hydrogens (tertiary/aromatic N) is 2. The van der Waals surface area contributed by atoms with Gasteiger partial charge in [0.15, 0.2) is 0 Å². The molecule has 2 aliphatic rings. The first-order valence-electron chi connectivity index (χ1n) is 10.3. The van der Waals surface area contributed by atoms with Crippen molar-refractivity contribution in [2.75, 3.05) is 4.90 Å². The van der Waals surface area contributed by atoms with Gasteiger partial charge in [0.25, 0.3) is 0 Å². The number of amides is 2. The lowest BCUT2D eigenvalue weighted by Gasteiger charge is -2.19. The summed E-state index contributed by atoms with van der Waals surface area (Å²) in [5.41, 5.74) is 3.33. The number of rotatable bonds is 4. The zero-order chi connectivity index (χ0) is 21.3. The Morgan fingerprint density at radius 3 is 2.00 bits per heavy atom. The Balaban J connectivity index is 1.46. The number of anilines is 1. The molecule has 1 saturated heterocycles. The fraction of sp³-hybridized carbons (Fsp3) is 0.333. The van der Waals surface area contributed by atoms with Crippen LogP contribution in [0.15, 0.2) is 53.7 Å². The molecular formula is C24H24N2O4. The Morgan fingerprint density at radius 2 is 1.43 bits per heavy atom. The lowest BCUT2D eigenvalue weighted by molar-refractivity contribution is -0.122. The average Bonchev–Trinajstić information content (AvgIpc) is 3.03. The molecule has 0 spiro atoms. The second-order valence-corrected chi connectivity index (χ2v) is 7.98. The van der Waals surface area contributed by atoms with Gasteiger partial charge in [0, 0.05) is 0 Å². The van der Waals surface area contributed by atoms with Gasteiger partial charge >= 0.3 is 5.97 Å². The highest BCUT2D eigenvalue weighted by Crippen LogP contribution is 2.40. The van der Waals surface area contributed by atoms with Crippen LogP contribution in [0.4, 0.5) is 5.69 Å². The molecule has 1 saturated carbocycles. The molecule has 1 aliphatic heterocycles. The van der Waals surface area contributed by atoms with Crippen LogP contribution in [-0.2, 0) is 14.4 Å². The van der Waals surface area contributed by atoms with E-state index in [0.717, 1.165) is 36.8 Å². The van der Waals surface area contributed by atoms with Gasteiger partial charge in [-0.15, -0.1) is 0 Å². The Bertz CT molecular complexity index is 985. The molecule has 6 heteroatoms. The normalized spacial score (nSPS) is 21.5. The maximum atomic E-state index is 12.7. The van der Waals surface area contributed by atoms with Gasteiger partial charge < -0.3 is 4.84 Å². The predicted octanol–water partition coefficient (Wildman–Crippen LogP) is 4.26. The third kappa shape index (κ3) is 3.77. The molecule has 2 aromatic carbocycles. The first-order valence-corrected chi connectivity index (χ1v) is 10.3. The summed E-state index contributed by atoms with van der Waals surface area (Å²) in [5.74, 6) is -1.04. The smallest absolute Gasteiger partial charge is 0.313 e. The first-order chi connectivity index (χ1) is 14.5. The molecule has 0 radical (unpaired) electrons. The summed E-state index contributed by atoms with van der Waals surface area (Å²) in [6.45, 7) is 3.68. The van der Waals surface area contributed by atoms with Crippen molar-refractivity contribution in [3.8, 4) is 0 Å². The van der Waals surface area contributed by atoms with Crippen molar-refractivity contribution in [3.63, 3.8) is 0 Å². The standard InChI is InChI=1S/C24H24N2O4/c1-15-7-9-18(10-8-15)24(29)30-25-16(2)17-11-13-19(14-12-17)26-22(27)20-5-3-4-6-21(20)23(26)28/h7-14,20-21H,3-6H2,1-2H3/b25-16+/t20-,21-/m0/s1. The monoisotopic (exact) mass is 404 g/mol. The molecule has 1 aliphatic carbocycles. The SMILES string of the molecule is C/C(=N\OC(=O)c1ccc(C)cc1)c1ccc(N2C(=O)[C@H]3CCCC[C@@H]3C2=O)cc1. The Labute approximate surface area is 175 Å². The van der Waals surface area contributed by atoms with Gasteiger partial charge in [-0.2, -0.15) is 0 Å². The molecule has 2 aromatic rings. The Kier molecular flexibility index (Phi) is 5.48. The van der Waals surface area contributed by atoms with Crippen LogP contribution in [0, 0.1) is 18.8 Å². The molecule has 0 unspecified atom stereocenters. The third-order valence-electron chi connectivity index (χ3n) is 5.94. The largest absolute Gasteiger partial charge is 0.365 e. The van der Waals surface area contributed by atoms with Crippen LogP contribution >= 0.6 is 0 Å². The van der Waals surface area contributed by atoms with Crippen LogP contribution in [0.2, 0.25) is 0 Å². The fourth-order valence-electron chi connectivity index (χ4n) is 4.17. The number of hydrogen-bond acceptors (Lipinski definition) is 5. The van der Waals surface area contributed by atoms with E-state index in [-0.39, 0.29) is 23.7 Å². The lowest BCUT2D eigenvalue weighted by atomic mass is 9.81. The Morgan fingerprint density at radius 1 is 0.900 bits per heavy atom. The number of imide groups is 1. The molecule has 2 atom stereocenters. The number of fused-ring (bicyclic) bond motifs is 1. The zero-order valence-electron chi connectivity index (χ0n) is 17.1. The first kappa shape index (κ1) is 20.0. The lowest BCUT2D eigenvalue weighted by Crippen LogP contribution is -2.30. The highest BCUT2D eigenvalue weighted by Gasteiger charge is 2.48. The molecule has 2 fully saturated rings. The van der Waals surface area contributed by atoms with Crippen LogP contribution in [0.1, 0.15) is 54.1 Å². The molecule has 0 aromatic heterocycles. The molecule has 0 N–H and O–H groups in total. The molecule has 6 nitrogen and oxygen atoms in total. The second kappa shape index (κ2) is 8.22. The number of oxime groups is 1. The van der Waals surface area contributed by atoms with Crippen LogP contribution in [0.3, 0.4) is 0 Å². The minimum absolute atomic E-state index is 0.0881. The summed E-state index contributed by atoms with van der Waals surface area (Å²) in [5, 5.41) is 3.93. The maximum Gasteiger partial charge on any atom is 0.365 e. The van der Waals surface area contributed by atoms with E-state index < -0.39 is 5.97 Å². The molecular weight excluding hydrogens is 380 g/mol. The third-order valence-corrected chi connectivity index (χ3v) is 5.94. The quantitative estimate of drug-likeness (QED) is 0.330. The topological polar surface area (TPSA) is 76.0 Å². The minimum atomic E-state index is -0.526. The summed E-state index contributed by atoms with van der Waals surface area (Å²) in [6, 6.07) is 14.1. The summed E-state index contributed by atoms with van der Waals surface area (Å²) < 4.78 is 0. The van der Waals surface area contributed by atoms with Crippen molar-refractivity contribution in [1.29, 1.82) is 0 Å². The highest BCUT2D eigenvalue weighted by molar-refractivity contribution is 6.22. The summed E-state index contributed by atoms with van der Waals surface area (Å²) >= 11 is 0. The number of benzene rings is 2. The molecule has 1 heterocycles. The van der Waals surface area contributed by atoms with E-state index in [9.17, 15) is 14.4 Å². The van der Waals surface area contributed by atoms with Gasteiger partial charge in [0.1, 0.15) is 0 Å². The zero-order valence-corrected chi connectivity index (χ0v) is 17.1. The van der Waals surface area contributed by atoms with Gasteiger partial charge in [-0.05, 0) is 56.5 Å². The van der Waals surface area contributed by atoms with Crippen LogP contribution in [0.25, 0.3) is 0 Å². The van der Waals surface area contributed by atoms with Crippen LogP contribution in [-0.4, -0.2) is 23.5 Å². The van der Waals surface area contributed by atoms with Gasteiger partial charge in [-0.25, -0.2) is 4.79 Å². The fourth-order valence-corrected chi connectivity index (χ4v) is 4.17. The molecule has 154 valence electrons. The Hall–Kier alpha value is -3.28. The number of carbonyl (C=O) groups is 3. The van der Waals surface area contributed by atoms with Gasteiger partial charge in [0.2, 0.25) is 11.8 Å². The van der Waals surface area contributed by atoms with Crippen molar-refractivity contribution in [1.82, 2.24) is 0 Å². The van der Waals surface area contributed by atoms with Crippen molar-refractivity contribution >= 4 is 29.2 Å². The minimum Gasteiger partial charge on any atom is -0.313 e. The van der Waals surface area contributed by atoms with E-state index in [1.807, 2.05) is 19.1 Å². The summed E-state index contributed by atoms with van der Waals surface area (Å²) in [6.07, 6.45) is 3.59. The summed E-state index contributed by atoms with van der Waals surface area (Å²) in [4.78, 5) is 43.9. The molecule has 4 rings (SSSR count).